The van der Waals surface area contributed by atoms with Crippen molar-refractivity contribution in [2.75, 3.05) is 11.9 Å². The molecular weight excluding hydrogens is 502 g/mol. The molecule has 1 amide bonds. The molecule has 2 N–H and O–H groups in total. The fourth-order valence-electron chi connectivity index (χ4n) is 4.24. The number of aromatic nitrogens is 4. The maximum absolute atomic E-state index is 13.2. The SMILES string of the molecule is Cc1nc(-n2nc(-c3cccs3)cc2NC(=O)C2COc3ccccc3O2)[nH]c(=O)c1Cc1ccccc1. The van der Waals surface area contributed by atoms with Gasteiger partial charge in [-0.1, -0.05) is 48.5 Å². The number of anilines is 1. The third-order valence-electron chi connectivity index (χ3n) is 6.17. The zero-order chi connectivity index (χ0) is 26.1. The van der Waals surface area contributed by atoms with Crippen molar-refractivity contribution in [2.45, 2.75) is 19.4 Å². The molecule has 0 fully saturated rings. The number of aryl methyl sites for hydroxylation is 1. The highest BCUT2D eigenvalue weighted by Crippen LogP contribution is 2.32. The largest absolute Gasteiger partial charge is 0.485 e. The second kappa shape index (κ2) is 9.98. The van der Waals surface area contributed by atoms with Crippen molar-refractivity contribution in [3.05, 3.63) is 105 Å². The van der Waals surface area contributed by atoms with E-state index in [0.29, 0.717) is 40.7 Å². The van der Waals surface area contributed by atoms with Gasteiger partial charge in [0, 0.05) is 18.1 Å². The Morgan fingerprint density at radius 1 is 1.11 bits per heavy atom. The molecule has 2 aromatic carbocycles. The first-order valence-electron chi connectivity index (χ1n) is 12.0. The lowest BCUT2D eigenvalue weighted by Gasteiger charge is -2.25. The number of hydrogen-bond acceptors (Lipinski definition) is 7. The molecule has 4 heterocycles. The van der Waals surface area contributed by atoms with Crippen molar-refractivity contribution in [1.29, 1.82) is 0 Å². The topological polar surface area (TPSA) is 111 Å². The van der Waals surface area contributed by atoms with Crippen LogP contribution < -0.4 is 20.3 Å². The van der Waals surface area contributed by atoms with Crippen LogP contribution in [0.4, 0.5) is 5.82 Å². The molecule has 10 heteroatoms. The Morgan fingerprint density at radius 3 is 2.66 bits per heavy atom. The number of aromatic amines is 1. The summed E-state index contributed by atoms with van der Waals surface area (Å²) >= 11 is 1.52. The van der Waals surface area contributed by atoms with E-state index in [9.17, 15) is 9.59 Å². The minimum atomic E-state index is -0.861. The zero-order valence-electron chi connectivity index (χ0n) is 20.4. The lowest BCUT2D eigenvalue weighted by molar-refractivity contribution is -0.125. The van der Waals surface area contributed by atoms with Crippen molar-refractivity contribution in [1.82, 2.24) is 19.7 Å². The molecule has 6 rings (SSSR count). The molecule has 1 aliphatic rings. The normalized spacial score (nSPS) is 14.3. The van der Waals surface area contributed by atoms with E-state index >= 15 is 0 Å². The lowest BCUT2D eigenvalue weighted by Crippen LogP contribution is -2.40. The van der Waals surface area contributed by atoms with Crippen LogP contribution in [0.2, 0.25) is 0 Å². The van der Waals surface area contributed by atoms with Gasteiger partial charge in [0.25, 0.3) is 11.5 Å². The summed E-state index contributed by atoms with van der Waals surface area (Å²) in [6.07, 6.45) is -0.403. The summed E-state index contributed by atoms with van der Waals surface area (Å²) in [5.41, 5.74) is 2.54. The maximum atomic E-state index is 13.2. The molecule has 5 aromatic rings. The first-order chi connectivity index (χ1) is 18.5. The second-order valence-corrected chi connectivity index (χ2v) is 9.72. The Balaban J connectivity index is 1.33. The third kappa shape index (κ3) is 4.69. The van der Waals surface area contributed by atoms with Crippen molar-refractivity contribution < 1.29 is 14.3 Å². The number of carbonyl (C=O) groups is 1. The summed E-state index contributed by atoms with van der Waals surface area (Å²) in [6.45, 7) is 1.86. The van der Waals surface area contributed by atoms with Crippen LogP contribution in [-0.4, -0.2) is 38.4 Å². The predicted octanol–water partition coefficient (Wildman–Crippen LogP) is 4.36. The molecule has 38 heavy (non-hydrogen) atoms. The molecular formula is C28H23N5O4S. The minimum absolute atomic E-state index is 0.0666. The molecule has 1 aliphatic heterocycles. The Morgan fingerprint density at radius 2 is 1.89 bits per heavy atom. The van der Waals surface area contributed by atoms with Crippen LogP contribution in [0.3, 0.4) is 0 Å². The average Bonchev–Trinajstić information content (AvgIpc) is 3.61. The minimum Gasteiger partial charge on any atom is -0.485 e. The molecule has 9 nitrogen and oxygen atoms in total. The van der Waals surface area contributed by atoms with Crippen LogP contribution in [0, 0.1) is 6.92 Å². The number of para-hydroxylation sites is 2. The summed E-state index contributed by atoms with van der Waals surface area (Å²) in [7, 11) is 0. The lowest BCUT2D eigenvalue weighted by atomic mass is 10.1. The fourth-order valence-corrected chi connectivity index (χ4v) is 4.92. The van der Waals surface area contributed by atoms with E-state index in [4.69, 9.17) is 9.47 Å². The van der Waals surface area contributed by atoms with Crippen LogP contribution in [0.25, 0.3) is 16.5 Å². The van der Waals surface area contributed by atoms with E-state index in [0.717, 1.165) is 10.4 Å². The molecule has 1 atom stereocenters. The summed E-state index contributed by atoms with van der Waals surface area (Å²) in [6, 6.07) is 22.5. The van der Waals surface area contributed by atoms with Gasteiger partial charge in [0.15, 0.2) is 11.5 Å². The molecule has 0 bridgehead atoms. The van der Waals surface area contributed by atoms with Crippen molar-refractivity contribution in [3.8, 4) is 28.0 Å². The van der Waals surface area contributed by atoms with Crippen molar-refractivity contribution >= 4 is 23.1 Å². The van der Waals surface area contributed by atoms with E-state index in [1.807, 2.05) is 60.0 Å². The number of thiophene rings is 1. The summed E-state index contributed by atoms with van der Waals surface area (Å²) in [4.78, 5) is 34.7. The van der Waals surface area contributed by atoms with E-state index in [-0.39, 0.29) is 18.1 Å². The number of H-pyrrole nitrogens is 1. The number of rotatable bonds is 6. The highest BCUT2D eigenvalue weighted by atomic mass is 32.1. The summed E-state index contributed by atoms with van der Waals surface area (Å²) in [5, 5.41) is 9.49. The van der Waals surface area contributed by atoms with Gasteiger partial charge < -0.3 is 14.8 Å². The first-order valence-corrected chi connectivity index (χ1v) is 12.9. The first kappa shape index (κ1) is 23.7. The van der Waals surface area contributed by atoms with Crippen LogP contribution in [-0.2, 0) is 11.2 Å². The number of benzene rings is 2. The van der Waals surface area contributed by atoms with Crippen LogP contribution in [0.5, 0.6) is 11.5 Å². The van der Waals surface area contributed by atoms with Gasteiger partial charge in [-0.3, -0.25) is 14.6 Å². The number of hydrogen-bond donors (Lipinski definition) is 2. The van der Waals surface area contributed by atoms with Crippen LogP contribution in [0.15, 0.2) is 83.0 Å². The molecule has 0 saturated heterocycles. The quantitative estimate of drug-likeness (QED) is 0.341. The molecule has 0 aliphatic carbocycles. The van der Waals surface area contributed by atoms with Crippen molar-refractivity contribution in [2.24, 2.45) is 0 Å². The van der Waals surface area contributed by atoms with Gasteiger partial charge in [-0.05, 0) is 36.1 Å². The van der Waals surface area contributed by atoms with Gasteiger partial charge in [-0.25, -0.2) is 4.98 Å². The van der Waals surface area contributed by atoms with Gasteiger partial charge in [0.05, 0.1) is 10.6 Å². The molecule has 3 aromatic heterocycles. The zero-order valence-corrected chi connectivity index (χ0v) is 21.2. The van der Waals surface area contributed by atoms with E-state index in [2.05, 4.69) is 20.4 Å². The van der Waals surface area contributed by atoms with Crippen LogP contribution >= 0.6 is 11.3 Å². The van der Waals surface area contributed by atoms with Crippen LogP contribution in [0.1, 0.15) is 16.8 Å². The van der Waals surface area contributed by atoms with Gasteiger partial charge in [0.2, 0.25) is 12.1 Å². The van der Waals surface area contributed by atoms with E-state index < -0.39 is 12.0 Å². The summed E-state index contributed by atoms with van der Waals surface area (Å²) < 4.78 is 13.0. The van der Waals surface area contributed by atoms with Gasteiger partial charge in [0.1, 0.15) is 18.1 Å². The van der Waals surface area contributed by atoms with Crippen molar-refractivity contribution in [3.63, 3.8) is 0 Å². The Labute approximate surface area is 221 Å². The number of ether oxygens (including phenoxy) is 2. The highest BCUT2D eigenvalue weighted by Gasteiger charge is 2.29. The molecule has 0 spiro atoms. The monoisotopic (exact) mass is 525 g/mol. The van der Waals surface area contributed by atoms with Gasteiger partial charge in [-0.15, -0.1) is 11.3 Å². The third-order valence-corrected chi connectivity index (χ3v) is 7.06. The highest BCUT2D eigenvalue weighted by molar-refractivity contribution is 7.13. The smallest absolute Gasteiger partial charge is 0.270 e. The molecule has 0 saturated carbocycles. The summed E-state index contributed by atoms with van der Waals surface area (Å²) in [5.74, 6) is 1.24. The Hall–Kier alpha value is -4.70. The molecule has 0 radical (unpaired) electrons. The van der Waals surface area contributed by atoms with E-state index in [1.54, 1.807) is 25.1 Å². The van der Waals surface area contributed by atoms with Gasteiger partial charge >= 0.3 is 0 Å². The second-order valence-electron chi connectivity index (χ2n) is 8.77. The molecule has 190 valence electrons. The fraction of sp³-hybridized carbons (Fsp3) is 0.143. The number of fused-ring (bicyclic) bond motifs is 1. The van der Waals surface area contributed by atoms with Gasteiger partial charge in [-0.2, -0.15) is 9.78 Å². The number of carbonyl (C=O) groups excluding carboxylic acids is 1. The average molecular weight is 526 g/mol. The number of amides is 1. The number of nitrogens with one attached hydrogen (secondary N) is 2. The standard InChI is InChI=1S/C28H23N5O4S/c1-17-19(14-18-8-3-2-4-9-18)26(34)31-28(29-17)33-25(15-20(32-33)24-12-7-13-38-24)30-27(35)23-16-36-21-10-5-6-11-22(21)37-23/h2-13,15,23H,14,16H2,1H3,(H,30,35)(H,29,31,34). The Bertz CT molecular complexity index is 1660. The predicted molar refractivity (Wildman–Crippen MR) is 144 cm³/mol. The Kier molecular flexibility index (Phi) is 6.22. The van der Waals surface area contributed by atoms with E-state index in [1.165, 1.54) is 16.0 Å². The molecule has 1 unspecified atom stereocenters. The maximum Gasteiger partial charge on any atom is 0.270 e. The number of nitrogens with zero attached hydrogens (tertiary/aromatic N) is 3.